The molecule has 3 aliphatic rings. The van der Waals surface area contributed by atoms with Crippen LogP contribution in [0.3, 0.4) is 0 Å². The zero-order valence-corrected chi connectivity index (χ0v) is 29.7. The summed E-state index contributed by atoms with van der Waals surface area (Å²) in [6.45, 7) is 14.1. The lowest BCUT2D eigenvalue weighted by atomic mass is 9.62. The lowest BCUT2D eigenvalue weighted by Crippen LogP contribution is -2.57. The van der Waals surface area contributed by atoms with E-state index < -0.39 is 47.6 Å². The van der Waals surface area contributed by atoms with Crippen LogP contribution in [0.25, 0.3) is 0 Å². The number of aliphatic hydroxyl groups excluding tert-OH is 1. The fourth-order valence-electron chi connectivity index (χ4n) is 8.57. The number of benzene rings is 3. The van der Waals surface area contributed by atoms with Crippen LogP contribution in [-0.4, -0.2) is 78.4 Å². The maximum atomic E-state index is 15.2. The molecule has 3 aliphatic heterocycles. The van der Waals surface area contributed by atoms with Crippen molar-refractivity contribution in [3.8, 4) is 11.5 Å². The third-order valence-corrected chi connectivity index (χ3v) is 10.9. The van der Waals surface area contributed by atoms with Gasteiger partial charge < -0.3 is 34.0 Å². The van der Waals surface area contributed by atoms with E-state index in [1.807, 2.05) is 75.4 Å². The largest absolute Gasteiger partial charge is 0.497 e. The standard InChI is InChI=1S/C41H47N3O7/c1-7-23-42(29-17-21-32(22-18-29)50-9-3)37(46)34-35-38(47)44(33(26-45)28-13-11-10-12-14-28)36(41(35)25-27(4)40(34,5)51-41)39(48)43(24-8-2)30-15-19-31(49-6)20-16-30/h7-8,10-22,27,33-36,45H,1-2,9,23-26H2,3-6H3/t27?,33-,34-,35+,36?,40+,41?/m1/s1. The van der Waals surface area contributed by atoms with Gasteiger partial charge in [-0.25, -0.2) is 0 Å². The van der Waals surface area contributed by atoms with Gasteiger partial charge in [-0.3, -0.25) is 14.4 Å². The second-order valence-electron chi connectivity index (χ2n) is 13.7. The number of hydrogen-bond acceptors (Lipinski definition) is 7. The molecule has 0 radical (unpaired) electrons. The number of ether oxygens (including phenoxy) is 3. The van der Waals surface area contributed by atoms with Crippen molar-refractivity contribution >= 4 is 29.1 Å². The maximum Gasteiger partial charge on any atom is 0.253 e. The van der Waals surface area contributed by atoms with Crippen molar-refractivity contribution in [1.29, 1.82) is 0 Å². The van der Waals surface area contributed by atoms with E-state index in [1.165, 1.54) is 4.90 Å². The van der Waals surface area contributed by atoms with Gasteiger partial charge in [-0.05, 0) is 80.3 Å². The molecule has 2 bridgehead atoms. The van der Waals surface area contributed by atoms with Crippen LogP contribution in [0, 0.1) is 17.8 Å². The SMILES string of the molecule is C=CCN(C(=O)C1N([C@H](CO)c2ccccc2)C(=O)[C@@H]2[C@H](C(=O)N(CC=C)c3ccc(OCC)cc3)[C@@]3(C)OC12CC3C)c1ccc(OC)cc1. The number of carbonyl (C=O) groups is 3. The van der Waals surface area contributed by atoms with Crippen molar-refractivity contribution in [2.75, 3.05) is 43.2 Å². The van der Waals surface area contributed by atoms with E-state index in [-0.39, 0.29) is 30.8 Å². The topological polar surface area (TPSA) is 109 Å². The Labute approximate surface area is 299 Å². The molecule has 3 amide bonds. The highest BCUT2D eigenvalue weighted by molar-refractivity contribution is 6.07. The minimum atomic E-state index is -1.35. The third kappa shape index (κ3) is 5.90. The Morgan fingerprint density at radius 2 is 1.53 bits per heavy atom. The Kier molecular flexibility index (Phi) is 10.1. The summed E-state index contributed by atoms with van der Waals surface area (Å²) < 4.78 is 18.1. The van der Waals surface area contributed by atoms with Gasteiger partial charge in [0.2, 0.25) is 11.8 Å². The molecule has 0 aliphatic carbocycles. The second kappa shape index (κ2) is 14.4. The van der Waals surface area contributed by atoms with Crippen molar-refractivity contribution in [2.45, 2.75) is 50.5 Å². The summed E-state index contributed by atoms with van der Waals surface area (Å²) in [6.07, 6.45) is 3.66. The molecule has 3 heterocycles. The number of methoxy groups -OCH3 is 1. The number of fused-ring (bicyclic) bond motifs is 1. The van der Waals surface area contributed by atoms with Crippen LogP contribution < -0.4 is 19.3 Å². The van der Waals surface area contributed by atoms with E-state index in [2.05, 4.69) is 13.2 Å². The van der Waals surface area contributed by atoms with Gasteiger partial charge >= 0.3 is 0 Å². The van der Waals surface area contributed by atoms with E-state index in [0.29, 0.717) is 41.5 Å². The monoisotopic (exact) mass is 693 g/mol. The summed E-state index contributed by atoms with van der Waals surface area (Å²) in [5.74, 6) is -1.88. The summed E-state index contributed by atoms with van der Waals surface area (Å²) in [4.78, 5) is 50.1. The predicted octanol–water partition coefficient (Wildman–Crippen LogP) is 5.58. The summed E-state index contributed by atoms with van der Waals surface area (Å²) in [6, 6.07) is 21.5. The van der Waals surface area contributed by atoms with Crippen molar-refractivity contribution in [2.24, 2.45) is 17.8 Å². The normalized spacial score (nSPS) is 26.7. The van der Waals surface area contributed by atoms with Gasteiger partial charge in [-0.15, -0.1) is 13.2 Å². The number of aliphatic hydroxyl groups is 1. The number of anilines is 2. The average Bonchev–Trinajstić information content (AvgIpc) is 3.66. The molecule has 7 atom stereocenters. The second-order valence-corrected chi connectivity index (χ2v) is 13.7. The lowest BCUT2D eigenvalue weighted by molar-refractivity contribution is -0.149. The fourth-order valence-corrected chi connectivity index (χ4v) is 8.57. The minimum Gasteiger partial charge on any atom is -0.497 e. The Hall–Kier alpha value is -4.93. The first-order chi connectivity index (χ1) is 24.6. The first kappa shape index (κ1) is 35.9. The van der Waals surface area contributed by atoms with E-state index in [9.17, 15) is 5.11 Å². The zero-order chi connectivity index (χ0) is 36.5. The van der Waals surface area contributed by atoms with Crippen LogP contribution in [0.2, 0.25) is 0 Å². The number of nitrogens with zero attached hydrogens (tertiary/aromatic N) is 3. The van der Waals surface area contributed by atoms with Crippen LogP contribution in [0.4, 0.5) is 11.4 Å². The fraction of sp³-hybridized carbons (Fsp3) is 0.390. The van der Waals surface area contributed by atoms with Gasteiger partial charge in [0, 0.05) is 24.5 Å². The molecule has 3 unspecified atom stereocenters. The van der Waals surface area contributed by atoms with E-state index in [4.69, 9.17) is 14.2 Å². The highest BCUT2D eigenvalue weighted by Gasteiger charge is 2.80. The van der Waals surface area contributed by atoms with Gasteiger partial charge in [-0.2, -0.15) is 0 Å². The molecule has 3 fully saturated rings. The molecule has 0 aromatic heterocycles. The molecule has 10 nitrogen and oxygen atoms in total. The highest BCUT2D eigenvalue weighted by Crippen LogP contribution is 2.66. The number of rotatable bonds is 14. The summed E-state index contributed by atoms with van der Waals surface area (Å²) in [7, 11) is 1.57. The Morgan fingerprint density at radius 1 is 0.961 bits per heavy atom. The summed E-state index contributed by atoms with van der Waals surface area (Å²) >= 11 is 0. The van der Waals surface area contributed by atoms with Gasteiger partial charge in [-0.1, -0.05) is 49.4 Å². The number of hydrogen-bond donors (Lipinski definition) is 1. The zero-order valence-electron chi connectivity index (χ0n) is 29.7. The van der Waals surface area contributed by atoms with Crippen molar-refractivity contribution < 1.29 is 33.7 Å². The molecular formula is C41H47N3O7. The Balaban J connectivity index is 1.49. The molecule has 3 aromatic rings. The number of carbonyl (C=O) groups excluding carboxylic acids is 3. The van der Waals surface area contributed by atoms with Crippen molar-refractivity contribution in [1.82, 2.24) is 4.90 Å². The molecule has 10 heteroatoms. The van der Waals surface area contributed by atoms with Gasteiger partial charge in [0.15, 0.2) is 0 Å². The van der Waals surface area contributed by atoms with Crippen LogP contribution in [0.5, 0.6) is 11.5 Å². The van der Waals surface area contributed by atoms with Gasteiger partial charge in [0.25, 0.3) is 5.91 Å². The first-order valence-corrected chi connectivity index (χ1v) is 17.5. The first-order valence-electron chi connectivity index (χ1n) is 17.5. The molecule has 3 aromatic carbocycles. The smallest absolute Gasteiger partial charge is 0.253 e. The van der Waals surface area contributed by atoms with Gasteiger partial charge in [0.1, 0.15) is 23.1 Å². The minimum absolute atomic E-state index is 0.152. The average molecular weight is 694 g/mol. The molecular weight excluding hydrogens is 646 g/mol. The Bertz CT molecular complexity index is 1760. The summed E-state index contributed by atoms with van der Waals surface area (Å²) in [5, 5.41) is 11.0. The number of amides is 3. The van der Waals surface area contributed by atoms with Gasteiger partial charge in [0.05, 0.1) is 43.8 Å². The van der Waals surface area contributed by atoms with E-state index in [0.717, 1.165) is 0 Å². The lowest BCUT2D eigenvalue weighted by Gasteiger charge is -2.39. The number of likely N-dealkylation sites (tertiary alicyclic amines) is 1. The molecule has 51 heavy (non-hydrogen) atoms. The van der Waals surface area contributed by atoms with Crippen molar-refractivity contribution in [3.05, 3.63) is 110 Å². The van der Waals surface area contributed by atoms with Crippen LogP contribution in [0.15, 0.2) is 104 Å². The van der Waals surface area contributed by atoms with Crippen LogP contribution >= 0.6 is 0 Å². The Morgan fingerprint density at radius 3 is 2.06 bits per heavy atom. The maximum absolute atomic E-state index is 15.2. The molecule has 0 saturated carbocycles. The quantitative estimate of drug-likeness (QED) is 0.220. The molecule has 1 N–H and O–H groups in total. The predicted molar refractivity (Wildman–Crippen MR) is 196 cm³/mol. The molecule has 6 rings (SSSR count). The summed E-state index contributed by atoms with van der Waals surface area (Å²) in [5.41, 5.74) is -0.532. The highest BCUT2D eigenvalue weighted by atomic mass is 16.5. The molecule has 268 valence electrons. The van der Waals surface area contributed by atoms with Crippen LogP contribution in [0.1, 0.15) is 38.8 Å². The third-order valence-electron chi connectivity index (χ3n) is 10.9. The van der Waals surface area contributed by atoms with Crippen LogP contribution in [-0.2, 0) is 19.1 Å². The van der Waals surface area contributed by atoms with Crippen molar-refractivity contribution in [3.63, 3.8) is 0 Å². The van der Waals surface area contributed by atoms with E-state index in [1.54, 1.807) is 53.3 Å². The molecule has 1 spiro atoms. The van der Waals surface area contributed by atoms with E-state index >= 15 is 14.4 Å². The molecule has 3 saturated heterocycles.